The summed E-state index contributed by atoms with van der Waals surface area (Å²) in [6, 6.07) is 54.4. The zero-order chi connectivity index (χ0) is 27.4. The molecule has 0 aromatic heterocycles. The van der Waals surface area contributed by atoms with Gasteiger partial charge in [-0.2, -0.15) is 0 Å². The molecule has 0 saturated heterocycles. The van der Waals surface area contributed by atoms with Gasteiger partial charge < -0.3 is 0 Å². The molecule has 192 valence electrons. The number of fused-ring (bicyclic) bond motifs is 5. The predicted molar refractivity (Wildman–Crippen MR) is 183 cm³/mol. The Bertz CT molecular complexity index is 2710. The fourth-order valence-electron chi connectivity index (χ4n) is 7.80. The van der Waals surface area contributed by atoms with Crippen LogP contribution in [0.4, 0.5) is 0 Å². The molecule has 10 rings (SSSR count). The minimum absolute atomic E-state index is 1.28. The molecule has 0 saturated carbocycles. The van der Waals surface area contributed by atoms with Crippen LogP contribution in [0.2, 0.25) is 0 Å². The van der Waals surface area contributed by atoms with E-state index in [1.807, 2.05) is 0 Å². The maximum Gasteiger partial charge on any atom is -0.00141 e. The van der Waals surface area contributed by atoms with E-state index in [-0.39, 0.29) is 0 Å². The molecule has 10 aromatic rings. The first-order valence-electron chi connectivity index (χ1n) is 14.7. The molecule has 0 heteroatoms. The average molecular weight is 529 g/mol. The standard InChI is InChI=1S/C42H24/c1-3-13-31-29(11-1)30-12-2-4-14-32(30)35-16-7-17-36-38(24-28-10-6-15-34(31)41(28)42(35)36)33-22-20-27-19-18-25-8-5-9-26-21-23-37(33)40(27)39(25)26/h1-24H. The largest absolute Gasteiger partial charge is 0.0616 e. The van der Waals surface area contributed by atoms with Crippen LogP contribution in [0.15, 0.2) is 146 Å². The van der Waals surface area contributed by atoms with Gasteiger partial charge in [-0.05, 0) is 103 Å². The summed E-state index contributed by atoms with van der Waals surface area (Å²) < 4.78 is 0. The van der Waals surface area contributed by atoms with Gasteiger partial charge in [-0.15, -0.1) is 0 Å². The van der Waals surface area contributed by atoms with Crippen molar-refractivity contribution in [1.82, 2.24) is 0 Å². The summed E-state index contributed by atoms with van der Waals surface area (Å²) in [7, 11) is 0. The summed E-state index contributed by atoms with van der Waals surface area (Å²) in [4.78, 5) is 0. The molecular formula is C42H24. The molecule has 0 unspecified atom stereocenters. The molecule has 0 fully saturated rings. The van der Waals surface area contributed by atoms with Crippen molar-refractivity contribution in [2.75, 3.05) is 0 Å². The molecule has 0 N–H and O–H groups in total. The highest BCUT2D eigenvalue weighted by atomic mass is 14.2. The molecule has 0 bridgehead atoms. The highest BCUT2D eigenvalue weighted by Crippen LogP contribution is 2.46. The van der Waals surface area contributed by atoms with E-state index in [4.69, 9.17) is 0 Å². The van der Waals surface area contributed by atoms with Gasteiger partial charge in [0.05, 0.1) is 0 Å². The summed E-state index contributed by atoms with van der Waals surface area (Å²) in [5.74, 6) is 0. The fourth-order valence-corrected chi connectivity index (χ4v) is 7.80. The van der Waals surface area contributed by atoms with Gasteiger partial charge in [0.2, 0.25) is 0 Å². The van der Waals surface area contributed by atoms with Crippen molar-refractivity contribution < 1.29 is 0 Å². The fraction of sp³-hybridized carbons (Fsp3) is 0. The number of hydrogen-bond acceptors (Lipinski definition) is 0. The van der Waals surface area contributed by atoms with Crippen molar-refractivity contribution in [1.29, 1.82) is 0 Å². The summed E-state index contributed by atoms with van der Waals surface area (Å²) >= 11 is 0. The first-order chi connectivity index (χ1) is 20.8. The smallest absolute Gasteiger partial charge is 0.00141 e. The Morgan fingerprint density at radius 2 is 0.643 bits per heavy atom. The lowest BCUT2D eigenvalue weighted by Gasteiger charge is -2.18. The first kappa shape index (κ1) is 22.3. The molecule has 0 nitrogen and oxygen atoms in total. The maximum absolute atomic E-state index is 2.44. The minimum Gasteiger partial charge on any atom is -0.0616 e. The van der Waals surface area contributed by atoms with Crippen molar-refractivity contribution in [3.63, 3.8) is 0 Å². The number of rotatable bonds is 1. The van der Waals surface area contributed by atoms with E-state index in [1.165, 1.54) is 97.3 Å². The Hall–Kier alpha value is -5.46. The van der Waals surface area contributed by atoms with E-state index in [1.54, 1.807) is 0 Å². The Morgan fingerprint density at radius 1 is 0.214 bits per heavy atom. The van der Waals surface area contributed by atoms with Gasteiger partial charge in [0.1, 0.15) is 0 Å². The Morgan fingerprint density at radius 3 is 1.36 bits per heavy atom. The van der Waals surface area contributed by atoms with Gasteiger partial charge in [-0.3, -0.25) is 0 Å². The van der Waals surface area contributed by atoms with Crippen LogP contribution >= 0.6 is 0 Å². The van der Waals surface area contributed by atoms with Crippen LogP contribution in [0.5, 0.6) is 0 Å². The van der Waals surface area contributed by atoms with Gasteiger partial charge >= 0.3 is 0 Å². The van der Waals surface area contributed by atoms with Gasteiger partial charge in [0.25, 0.3) is 0 Å². The van der Waals surface area contributed by atoms with Crippen LogP contribution < -0.4 is 0 Å². The lowest BCUT2D eigenvalue weighted by atomic mass is 9.85. The zero-order valence-corrected chi connectivity index (χ0v) is 22.9. The second-order valence-corrected chi connectivity index (χ2v) is 11.6. The second-order valence-electron chi connectivity index (χ2n) is 11.6. The lowest BCUT2D eigenvalue weighted by molar-refractivity contribution is 1.73. The maximum atomic E-state index is 2.44. The van der Waals surface area contributed by atoms with Crippen molar-refractivity contribution in [2.45, 2.75) is 0 Å². The van der Waals surface area contributed by atoms with Gasteiger partial charge in [0, 0.05) is 0 Å². The normalized spacial score (nSPS) is 12.3. The summed E-state index contributed by atoms with van der Waals surface area (Å²) in [5, 5.41) is 21.0. The van der Waals surface area contributed by atoms with Crippen LogP contribution in [0.3, 0.4) is 0 Å². The van der Waals surface area contributed by atoms with E-state index in [0.29, 0.717) is 0 Å². The molecule has 0 radical (unpaired) electrons. The topological polar surface area (TPSA) is 0 Å². The molecule has 0 aliphatic rings. The summed E-state index contributed by atoms with van der Waals surface area (Å²) in [6.07, 6.45) is 0. The number of benzene rings is 9. The summed E-state index contributed by atoms with van der Waals surface area (Å²) in [6.45, 7) is 0. The Kier molecular flexibility index (Phi) is 4.27. The highest BCUT2D eigenvalue weighted by molar-refractivity contribution is 6.35. The van der Waals surface area contributed by atoms with E-state index in [2.05, 4.69) is 146 Å². The third-order valence-corrected chi connectivity index (χ3v) is 9.54. The van der Waals surface area contributed by atoms with Crippen LogP contribution in [0.25, 0.3) is 97.3 Å². The SMILES string of the molecule is c1cc2ccc3ccc(-c4cc5cccc6c7ccccc7c7ccccc7c7cccc4c7c56)c4ccc(c1)c2c34. The van der Waals surface area contributed by atoms with Gasteiger partial charge in [-0.25, -0.2) is 0 Å². The highest BCUT2D eigenvalue weighted by Gasteiger charge is 2.18. The van der Waals surface area contributed by atoms with Crippen molar-refractivity contribution in [3.8, 4) is 11.1 Å². The third kappa shape index (κ3) is 2.81. The van der Waals surface area contributed by atoms with E-state index in [0.717, 1.165) is 0 Å². The van der Waals surface area contributed by atoms with Crippen LogP contribution in [0, 0.1) is 0 Å². The molecule has 0 aliphatic heterocycles. The molecule has 0 heterocycles. The quantitative estimate of drug-likeness (QED) is 0.186. The van der Waals surface area contributed by atoms with Crippen molar-refractivity contribution >= 4 is 86.2 Å². The van der Waals surface area contributed by atoms with E-state index in [9.17, 15) is 0 Å². The molecular weight excluding hydrogens is 504 g/mol. The predicted octanol–water partition coefficient (Wildman–Crippen LogP) is 12.0. The molecule has 0 amide bonds. The van der Waals surface area contributed by atoms with E-state index >= 15 is 0 Å². The summed E-state index contributed by atoms with van der Waals surface area (Å²) in [5.41, 5.74) is 2.58. The van der Waals surface area contributed by atoms with Crippen LogP contribution in [-0.4, -0.2) is 0 Å². The second kappa shape index (κ2) is 8.06. The minimum atomic E-state index is 1.28. The van der Waals surface area contributed by atoms with Crippen molar-refractivity contribution in [2.24, 2.45) is 0 Å². The molecule has 0 spiro atoms. The van der Waals surface area contributed by atoms with Gasteiger partial charge in [0.15, 0.2) is 0 Å². The Balaban J connectivity index is 1.47. The van der Waals surface area contributed by atoms with Crippen LogP contribution in [0.1, 0.15) is 0 Å². The molecule has 10 aromatic carbocycles. The first-order valence-corrected chi connectivity index (χ1v) is 14.7. The van der Waals surface area contributed by atoms with Crippen LogP contribution in [-0.2, 0) is 0 Å². The average Bonchev–Trinajstić information content (AvgIpc) is 3.05. The number of hydrogen-bond donors (Lipinski definition) is 0. The molecule has 42 heavy (non-hydrogen) atoms. The monoisotopic (exact) mass is 528 g/mol. The third-order valence-electron chi connectivity index (χ3n) is 9.54. The van der Waals surface area contributed by atoms with E-state index < -0.39 is 0 Å². The lowest BCUT2D eigenvalue weighted by Crippen LogP contribution is -1.91. The molecule has 0 aliphatic carbocycles. The zero-order valence-electron chi connectivity index (χ0n) is 22.9. The Labute approximate surface area is 242 Å². The van der Waals surface area contributed by atoms with Gasteiger partial charge in [-0.1, -0.05) is 140 Å². The molecule has 0 atom stereocenters. The van der Waals surface area contributed by atoms with Crippen molar-refractivity contribution in [3.05, 3.63) is 146 Å².